The molecule has 1 aromatic rings. The number of amides is 2. The fourth-order valence-electron chi connectivity index (χ4n) is 6.97. The van der Waals surface area contributed by atoms with Crippen molar-refractivity contribution >= 4 is 11.8 Å². The van der Waals surface area contributed by atoms with Gasteiger partial charge in [-0.2, -0.15) is 0 Å². The lowest BCUT2D eigenvalue weighted by atomic mass is 9.77. The van der Waals surface area contributed by atoms with E-state index < -0.39 is 0 Å². The number of unbranched alkanes of at least 4 members (excludes halogenated alkanes) is 4. The van der Waals surface area contributed by atoms with Crippen LogP contribution in [-0.2, 0) is 9.59 Å². The normalized spacial score (nSPS) is 31.8. The van der Waals surface area contributed by atoms with E-state index in [-0.39, 0.29) is 41.8 Å². The smallest absolute Gasteiger partial charge is 0.234 e. The van der Waals surface area contributed by atoms with E-state index in [1.807, 2.05) is 0 Å². The number of hydrogen-bond donors (Lipinski definition) is 0. The molecule has 4 nitrogen and oxygen atoms in total. The molecule has 1 saturated carbocycles. The number of carbonyl (C=O) groups excluding carboxylic acids is 2. The Morgan fingerprint density at radius 3 is 2.22 bits per heavy atom. The Labute approximate surface area is 194 Å². The highest BCUT2D eigenvalue weighted by Crippen LogP contribution is 2.63. The Morgan fingerprint density at radius 2 is 1.62 bits per heavy atom. The third-order valence-corrected chi connectivity index (χ3v) is 8.48. The van der Waals surface area contributed by atoms with E-state index in [0.717, 1.165) is 31.7 Å². The van der Waals surface area contributed by atoms with Gasteiger partial charge in [-0.15, -0.1) is 0 Å². The lowest BCUT2D eigenvalue weighted by Crippen LogP contribution is -2.42. The molecular formula is C28H38N2O2. The molecule has 5 atom stereocenters. The van der Waals surface area contributed by atoms with Crippen LogP contribution in [0.3, 0.4) is 0 Å². The number of rotatable bonds is 8. The lowest BCUT2D eigenvalue weighted by molar-refractivity contribution is -0.140. The number of likely N-dealkylation sites (tertiary alicyclic amines) is 1. The van der Waals surface area contributed by atoms with Crippen molar-refractivity contribution < 1.29 is 11.0 Å². The summed E-state index contributed by atoms with van der Waals surface area (Å²) in [6, 6.07) is 8.95. The van der Waals surface area contributed by atoms with Crippen LogP contribution in [0.15, 0.2) is 36.4 Å². The molecule has 0 radical (unpaired) electrons. The molecule has 4 aliphatic rings. The van der Waals surface area contributed by atoms with Gasteiger partial charge in [0.25, 0.3) is 0 Å². The van der Waals surface area contributed by atoms with Gasteiger partial charge < -0.3 is 0 Å². The first kappa shape index (κ1) is 20.7. The number of fused-ring (bicyclic) bond motifs is 8. The summed E-state index contributed by atoms with van der Waals surface area (Å²) < 4.78 is 9.21. The van der Waals surface area contributed by atoms with Crippen molar-refractivity contribution in [2.24, 2.45) is 17.8 Å². The first-order valence-electron chi connectivity index (χ1n) is 13.4. The molecule has 3 heterocycles. The van der Waals surface area contributed by atoms with Crippen LogP contribution in [0.1, 0.15) is 95.7 Å². The Bertz CT molecular complexity index is 889. The van der Waals surface area contributed by atoms with Crippen molar-refractivity contribution in [3.63, 3.8) is 0 Å². The van der Waals surface area contributed by atoms with Gasteiger partial charge >= 0.3 is 0 Å². The molecule has 0 spiro atoms. The van der Waals surface area contributed by atoms with Crippen LogP contribution < -0.4 is 0 Å². The zero-order chi connectivity index (χ0) is 23.1. The summed E-state index contributed by atoms with van der Waals surface area (Å²) in [7, 11) is 1.64. The monoisotopic (exact) mass is 435 g/mol. The Morgan fingerprint density at radius 1 is 1.00 bits per heavy atom. The molecule has 1 aromatic carbocycles. The number of hydrogen-bond acceptors (Lipinski definition) is 3. The molecule has 0 N–H and O–H groups in total. The molecule has 0 aromatic heterocycles. The molecule has 2 amide bonds. The second kappa shape index (κ2) is 9.13. The number of allylic oxidation sites excluding steroid dienone is 1. The quantitative estimate of drug-likeness (QED) is 0.294. The van der Waals surface area contributed by atoms with Crippen LogP contribution in [-0.4, -0.2) is 34.7 Å². The predicted molar refractivity (Wildman–Crippen MR) is 127 cm³/mol. The van der Waals surface area contributed by atoms with Gasteiger partial charge in [-0.3, -0.25) is 19.4 Å². The van der Waals surface area contributed by atoms with Gasteiger partial charge in [-0.05, 0) is 42.7 Å². The Balaban J connectivity index is 1.52. The van der Waals surface area contributed by atoms with Crippen LogP contribution in [0.5, 0.6) is 0 Å². The maximum atomic E-state index is 13.2. The maximum Gasteiger partial charge on any atom is 0.234 e. The van der Waals surface area contributed by atoms with Gasteiger partial charge in [0.1, 0.15) is 0 Å². The maximum absolute atomic E-state index is 13.2. The first-order chi connectivity index (χ1) is 16.1. The summed E-state index contributed by atoms with van der Waals surface area (Å²) in [5.41, 5.74) is 2.41. The van der Waals surface area contributed by atoms with Gasteiger partial charge in [-0.1, -0.05) is 81.8 Å². The third-order valence-electron chi connectivity index (χ3n) is 8.48. The molecule has 4 heteroatoms. The van der Waals surface area contributed by atoms with E-state index in [9.17, 15) is 11.0 Å². The standard InChI is InChI=1S/C28H38N2O2/c1-3-4-5-6-7-11-18-22(19-14-9-8-10-15-19)30-25-20-16-12-13-17-21(20)26(30)24-23(25)27(31)29(2)28(24)32/h11-13,16-19,22-26H,3-10,14-15H2,1-2H3/b18-11+/t22?,23-,24+,25?,26?/i18D. The second-order valence-electron chi connectivity index (χ2n) is 10.3. The molecular weight excluding hydrogens is 396 g/mol. The van der Waals surface area contributed by atoms with Gasteiger partial charge in [0, 0.05) is 25.2 Å². The summed E-state index contributed by atoms with van der Waals surface area (Å²) >= 11 is 0. The predicted octanol–water partition coefficient (Wildman–Crippen LogP) is 5.80. The second-order valence-corrected chi connectivity index (χ2v) is 10.3. The largest absolute Gasteiger partial charge is 0.285 e. The summed E-state index contributed by atoms with van der Waals surface area (Å²) in [6.45, 7) is 2.22. The highest BCUT2D eigenvalue weighted by atomic mass is 16.2. The van der Waals surface area contributed by atoms with Gasteiger partial charge in [0.05, 0.1) is 13.2 Å². The molecule has 1 aliphatic carbocycles. The molecule has 3 fully saturated rings. The average molecular weight is 436 g/mol. The van der Waals surface area contributed by atoms with E-state index >= 15 is 0 Å². The van der Waals surface area contributed by atoms with E-state index in [4.69, 9.17) is 0 Å². The number of carbonyl (C=O) groups is 2. The highest BCUT2D eigenvalue weighted by Gasteiger charge is 2.67. The molecule has 5 rings (SSSR count). The Hall–Kier alpha value is -1.94. The SMILES string of the molecule is [2H]/C(=C\CCCCCC)C(C1CCCCC1)N1C2c3ccccc3C1[C@@H]1C(=O)N(C)C(=O)[C@H]21. The highest BCUT2D eigenvalue weighted by molar-refractivity contribution is 6.06. The van der Waals surface area contributed by atoms with Gasteiger partial charge in [-0.25, -0.2) is 0 Å². The minimum atomic E-state index is -0.300. The van der Waals surface area contributed by atoms with Crippen molar-refractivity contribution in [2.75, 3.05) is 7.05 Å². The summed E-state index contributed by atoms with van der Waals surface area (Å²) in [5, 5.41) is 0. The minimum absolute atomic E-state index is 0.00428. The molecule has 172 valence electrons. The Kier molecular flexibility index (Phi) is 5.89. The zero-order valence-corrected chi connectivity index (χ0v) is 19.6. The van der Waals surface area contributed by atoms with Crippen molar-refractivity contribution in [2.45, 2.75) is 89.3 Å². The van der Waals surface area contributed by atoms with Crippen LogP contribution in [0.25, 0.3) is 0 Å². The fraction of sp³-hybridized carbons (Fsp3) is 0.643. The van der Waals surface area contributed by atoms with E-state index in [1.165, 1.54) is 54.6 Å². The van der Waals surface area contributed by atoms with Crippen LogP contribution >= 0.6 is 0 Å². The van der Waals surface area contributed by atoms with Crippen LogP contribution in [0.4, 0.5) is 0 Å². The number of imide groups is 1. The molecule has 2 saturated heterocycles. The molecule has 32 heavy (non-hydrogen) atoms. The average Bonchev–Trinajstić information content (AvgIpc) is 3.42. The van der Waals surface area contributed by atoms with E-state index in [2.05, 4.69) is 42.2 Å². The number of benzene rings is 1. The van der Waals surface area contributed by atoms with Crippen molar-refractivity contribution in [3.05, 3.63) is 47.5 Å². The topological polar surface area (TPSA) is 40.6 Å². The van der Waals surface area contributed by atoms with E-state index in [1.54, 1.807) is 7.05 Å². The number of nitrogens with zero attached hydrogens (tertiary/aromatic N) is 2. The summed E-state index contributed by atoms with van der Waals surface area (Å²) in [6.07, 6.45) is 13.9. The first-order valence-corrected chi connectivity index (χ1v) is 12.9. The van der Waals surface area contributed by atoms with Crippen molar-refractivity contribution in [3.8, 4) is 0 Å². The van der Waals surface area contributed by atoms with Gasteiger partial charge in [0.2, 0.25) is 11.8 Å². The van der Waals surface area contributed by atoms with E-state index in [0.29, 0.717) is 5.92 Å². The van der Waals surface area contributed by atoms with Crippen LogP contribution in [0, 0.1) is 17.8 Å². The lowest BCUT2D eigenvalue weighted by Gasteiger charge is -2.39. The third kappa shape index (κ3) is 3.46. The zero-order valence-electron chi connectivity index (χ0n) is 20.6. The summed E-state index contributed by atoms with van der Waals surface area (Å²) in [4.78, 5) is 30.2. The molecule has 3 unspecified atom stereocenters. The van der Waals surface area contributed by atoms with Gasteiger partial charge in [0.15, 0.2) is 0 Å². The fourth-order valence-corrected chi connectivity index (χ4v) is 6.97. The molecule has 2 bridgehead atoms. The summed E-state index contributed by atoms with van der Waals surface area (Å²) in [5.74, 6) is -0.236. The van der Waals surface area contributed by atoms with Crippen LogP contribution in [0.2, 0.25) is 0 Å². The van der Waals surface area contributed by atoms with Crippen molar-refractivity contribution in [1.82, 2.24) is 9.80 Å². The minimum Gasteiger partial charge on any atom is -0.285 e. The molecule has 3 aliphatic heterocycles. The van der Waals surface area contributed by atoms with Crippen molar-refractivity contribution in [1.29, 1.82) is 0 Å².